The summed E-state index contributed by atoms with van der Waals surface area (Å²) in [5.41, 5.74) is 2.29. The SMILES string of the molecule is Cc1cccc(C(C#N)NCC2CC2)c1. The molecule has 2 rings (SSSR count). The zero-order chi connectivity index (χ0) is 10.7. The minimum Gasteiger partial charge on any atom is -0.298 e. The van der Waals surface area contributed by atoms with E-state index in [2.05, 4.69) is 30.4 Å². The first-order valence-corrected chi connectivity index (χ1v) is 5.49. The van der Waals surface area contributed by atoms with Gasteiger partial charge in [0.15, 0.2) is 0 Å². The molecule has 2 heteroatoms. The summed E-state index contributed by atoms with van der Waals surface area (Å²) in [5.74, 6) is 0.811. The van der Waals surface area contributed by atoms with Crippen molar-refractivity contribution in [1.82, 2.24) is 5.32 Å². The summed E-state index contributed by atoms with van der Waals surface area (Å²) in [6, 6.07) is 10.3. The highest BCUT2D eigenvalue weighted by Gasteiger charge is 2.22. The van der Waals surface area contributed by atoms with E-state index in [4.69, 9.17) is 5.26 Å². The van der Waals surface area contributed by atoms with Crippen LogP contribution in [0.5, 0.6) is 0 Å². The number of hydrogen-bond donors (Lipinski definition) is 1. The molecule has 0 aromatic heterocycles. The molecule has 1 N–H and O–H groups in total. The van der Waals surface area contributed by atoms with Gasteiger partial charge in [-0.25, -0.2) is 0 Å². The first kappa shape index (κ1) is 10.2. The molecule has 1 saturated carbocycles. The van der Waals surface area contributed by atoms with E-state index in [0.29, 0.717) is 0 Å². The summed E-state index contributed by atoms with van der Waals surface area (Å²) in [5, 5.41) is 12.4. The van der Waals surface area contributed by atoms with Crippen molar-refractivity contribution in [3.8, 4) is 6.07 Å². The Labute approximate surface area is 90.9 Å². The van der Waals surface area contributed by atoms with E-state index < -0.39 is 0 Å². The van der Waals surface area contributed by atoms with Gasteiger partial charge in [0.2, 0.25) is 0 Å². The van der Waals surface area contributed by atoms with Crippen LogP contribution in [0.3, 0.4) is 0 Å². The fourth-order valence-electron chi connectivity index (χ4n) is 1.69. The number of hydrogen-bond acceptors (Lipinski definition) is 2. The normalized spacial score (nSPS) is 17.1. The van der Waals surface area contributed by atoms with Crippen molar-refractivity contribution in [2.45, 2.75) is 25.8 Å². The number of nitriles is 1. The third kappa shape index (κ3) is 2.81. The summed E-state index contributed by atoms with van der Waals surface area (Å²) in [6.07, 6.45) is 2.64. The van der Waals surface area contributed by atoms with E-state index in [1.165, 1.54) is 18.4 Å². The Hall–Kier alpha value is -1.33. The minimum absolute atomic E-state index is 0.148. The Morgan fingerprint density at radius 2 is 2.33 bits per heavy atom. The molecule has 0 radical (unpaired) electrons. The fourth-order valence-corrected chi connectivity index (χ4v) is 1.69. The van der Waals surface area contributed by atoms with Gasteiger partial charge in [-0.05, 0) is 37.8 Å². The molecule has 0 aliphatic heterocycles. The number of nitrogens with one attached hydrogen (secondary N) is 1. The third-order valence-corrected chi connectivity index (χ3v) is 2.81. The van der Waals surface area contributed by atoms with Crippen molar-refractivity contribution in [3.63, 3.8) is 0 Å². The summed E-state index contributed by atoms with van der Waals surface area (Å²) in [7, 11) is 0. The Kier molecular flexibility index (Phi) is 3.03. The zero-order valence-electron chi connectivity index (χ0n) is 9.03. The molecule has 1 atom stereocenters. The van der Waals surface area contributed by atoms with Crippen molar-refractivity contribution in [2.75, 3.05) is 6.54 Å². The van der Waals surface area contributed by atoms with Gasteiger partial charge in [-0.15, -0.1) is 0 Å². The van der Waals surface area contributed by atoms with Crippen LogP contribution in [0.1, 0.15) is 30.0 Å². The second-order valence-corrected chi connectivity index (χ2v) is 4.33. The van der Waals surface area contributed by atoms with Crippen LogP contribution in [0.15, 0.2) is 24.3 Å². The van der Waals surface area contributed by atoms with Crippen LogP contribution in [0.2, 0.25) is 0 Å². The molecular weight excluding hydrogens is 184 g/mol. The first-order valence-electron chi connectivity index (χ1n) is 5.49. The van der Waals surface area contributed by atoms with Gasteiger partial charge >= 0.3 is 0 Å². The molecule has 1 aliphatic rings. The Bertz CT molecular complexity index is 374. The maximum absolute atomic E-state index is 9.09. The minimum atomic E-state index is -0.148. The quantitative estimate of drug-likeness (QED) is 0.810. The highest BCUT2D eigenvalue weighted by molar-refractivity contribution is 5.28. The number of benzene rings is 1. The van der Waals surface area contributed by atoms with Crippen LogP contribution in [0, 0.1) is 24.2 Å². The number of rotatable bonds is 4. The zero-order valence-corrected chi connectivity index (χ0v) is 9.03. The van der Waals surface area contributed by atoms with Gasteiger partial charge in [0.1, 0.15) is 6.04 Å². The van der Waals surface area contributed by atoms with Crippen LogP contribution >= 0.6 is 0 Å². The van der Waals surface area contributed by atoms with E-state index in [0.717, 1.165) is 18.0 Å². The molecular formula is C13H16N2. The fraction of sp³-hybridized carbons (Fsp3) is 0.462. The molecule has 1 aromatic carbocycles. The molecule has 1 unspecified atom stereocenters. The Morgan fingerprint density at radius 3 is 2.93 bits per heavy atom. The molecule has 0 heterocycles. The second-order valence-electron chi connectivity index (χ2n) is 4.33. The maximum atomic E-state index is 9.09. The van der Waals surface area contributed by atoms with Gasteiger partial charge in [-0.2, -0.15) is 5.26 Å². The van der Waals surface area contributed by atoms with Gasteiger partial charge in [-0.3, -0.25) is 5.32 Å². The van der Waals surface area contributed by atoms with Crippen LogP contribution in [-0.2, 0) is 0 Å². The number of nitrogens with zero attached hydrogens (tertiary/aromatic N) is 1. The summed E-state index contributed by atoms with van der Waals surface area (Å²) >= 11 is 0. The predicted molar refractivity (Wildman–Crippen MR) is 60.3 cm³/mol. The van der Waals surface area contributed by atoms with E-state index in [9.17, 15) is 0 Å². The van der Waals surface area contributed by atoms with Crippen molar-refractivity contribution in [2.24, 2.45) is 5.92 Å². The van der Waals surface area contributed by atoms with Gasteiger partial charge in [-0.1, -0.05) is 29.8 Å². The molecule has 15 heavy (non-hydrogen) atoms. The lowest BCUT2D eigenvalue weighted by atomic mass is 10.1. The highest BCUT2D eigenvalue weighted by Crippen LogP contribution is 2.28. The molecule has 0 saturated heterocycles. The van der Waals surface area contributed by atoms with Crippen LogP contribution in [0.25, 0.3) is 0 Å². The lowest BCUT2D eigenvalue weighted by Crippen LogP contribution is -2.22. The standard InChI is InChI=1S/C13H16N2/c1-10-3-2-4-12(7-10)13(8-14)15-9-11-5-6-11/h2-4,7,11,13,15H,5-6,9H2,1H3. The Morgan fingerprint density at radius 1 is 1.53 bits per heavy atom. The Balaban J connectivity index is 2.01. The molecule has 1 aliphatic carbocycles. The third-order valence-electron chi connectivity index (χ3n) is 2.81. The summed E-state index contributed by atoms with van der Waals surface area (Å²) < 4.78 is 0. The van der Waals surface area contributed by atoms with Gasteiger partial charge < -0.3 is 0 Å². The maximum Gasteiger partial charge on any atom is 0.121 e. The smallest absolute Gasteiger partial charge is 0.121 e. The summed E-state index contributed by atoms with van der Waals surface area (Å²) in [4.78, 5) is 0. The van der Waals surface area contributed by atoms with Crippen LogP contribution < -0.4 is 5.32 Å². The molecule has 2 nitrogen and oxygen atoms in total. The van der Waals surface area contributed by atoms with Crippen LogP contribution in [0.4, 0.5) is 0 Å². The molecule has 0 spiro atoms. The predicted octanol–water partition coefficient (Wildman–Crippen LogP) is 2.56. The van der Waals surface area contributed by atoms with E-state index in [1.54, 1.807) is 0 Å². The van der Waals surface area contributed by atoms with Crippen molar-refractivity contribution in [1.29, 1.82) is 5.26 Å². The number of aryl methyl sites for hydroxylation is 1. The van der Waals surface area contributed by atoms with E-state index >= 15 is 0 Å². The topological polar surface area (TPSA) is 35.8 Å². The average molecular weight is 200 g/mol. The van der Waals surface area contributed by atoms with Gasteiger partial charge in [0, 0.05) is 0 Å². The van der Waals surface area contributed by atoms with Gasteiger partial charge in [0.25, 0.3) is 0 Å². The van der Waals surface area contributed by atoms with Gasteiger partial charge in [0.05, 0.1) is 6.07 Å². The van der Waals surface area contributed by atoms with Crippen molar-refractivity contribution in [3.05, 3.63) is 35.4 Å². The molecule has 0 bridgehead atoms. The van der Waals surface area contributed by atoms with E-state index in [-0.39, 0.29) is 6.04 Å². The monoisotopic (exact) mass is 200 g/mol. The van der Waals surface area contributed by atoms with E-state index in [1.807, 2.05) is 12.1 Å². The molecule has 0 amide bonds. The highest BCUT2D eigenvalue weighted by atomic mass is 14.9. The first-order chi connectivity index (χ1) is 7.29. The van der Waals surface area contributed by atoms with Crippen molar-refractivity contribution < 1.29 is 0 Å². The van der Waals surface area contributed by atoms with Crippen molar-refractivity contribution >= 4 is 0 Å². The second kappa shape index (κ2) is 4.46. The average Bonchev–Trinajstić information content (AvgIpc) is 3.03. The lowest BCUT2D eigenvalue weighted by Gasteiger charge is -2.11. The molecule has 78 valence electrons. The van der Waals surface area contributed by atoms with Crippen LogP contribution in [-0.4, -0.2) is 6.54 Å². The summed E-state index contributed by atoms with van der Waals surface area (Å²) in [6.45, 7) is 3.03. The largest absolute Gasteiger partial charge is 0.298 e. The lowest BCUT2D eigenvalue weighted by molar-refractivity contribution is 0.593. The molecule has 1 fully saturated rings. The molecule has 1 aromatic rings.